The predicted octanol–water partition coefficient (Wildman–Crippen LogP) is 5.33. The van der Waals surface area contributed by atoms with Crippen molar-refractivity contribution in [1.82, 2.24) is 10.3 Å². The zero-order chi connectivity index (χ0) is 22.8. The molecule has 1 saturated carbocycles. The number of esters is 1. The molecule has 2 aliphatic rings. The van der Waals surface area contributed by atoms with E-state index in [0.717, 1.165) is 71.8 Å². The number of hydrogen-bond donors (Lipinski definition) is 1. The fourth-order valence-corrected chi connectivity index (χ4v) is 4.92. The molecule has 0 bridgehead atoms. The summed E-state index contributed by atoms with van der Waals surface area (Å²) in [7, 11) is 0. The molecule has 5 heteroatoms. The molecule has 1 N–H and O–H groups in total. The van der Waals surface area contributed by atoms with Gasteiger partial charge in [-0.05, 0) is 61.4 Å². The lowest BCUT2D eigenvalue weighted by atomic mass is 10.0. The number of hydrogen-bond acceptors (Lipinski definition) is 4. The van der Waals surface area contributed by atoms with Crippen molar-refractivity contribution in [2.24, 2.45) is 0 Å². The monoisotopic (exact) mass is 440 g/mol. The molecule has 3 aromatic rings. The first-order valence-electron chi connectivity index (χ1n) is 11.8. The minimum absolute atomic E-state index is 0.190. The Morgan fingerprint density at radius 2 is 1.76 bits per heavy atom. The highest BCUT2D eigenvalue weighted by atomic mass is 16.5. The van der Waals surface area contributed by atoms with Gasteiger partial charge in [-0.25, -0.2) is 9.78 Å². The number of amides is 1. The molecule has 1 atom stereocenters. The third kappa shape index (κ3) is 4.40. The fraction of sp³-hybridized carbons (Fsp3) is 0.321. The topological polar surface area (TPSA) is 68.3 Å². The third-order valence-electron chi connectivity index (χ3n) is 6.64. The van der Waals surface area contributed by atoms with Gasteiger partial charge in [0.2, 0.25) is 0 Å². The Bertz CT molecular complexity index is 1230. The highest BCUT2D eigenvalue weighted by Crippen LogP contribution is 2.38. The number of aromatic nitrogens is 1. The summed E-state index contributed by atoms with van der Waals surface area (Å²) in [5.74, 6) is -0.685. The van der Waals surface area contributed by atoms with E-state index in [1.54, 1.807) is 6.92 Å². The van der Waals surface area contributed by atoms with E-state index in [9.17, 15) is 9.59 Å². The number of nitrogens with one attached hydrogen (secondary N) is 1. The second-order valence-corrected chi connectivity index (χ2v) is 8.95. The van der Waals surface area contributed by atoms with Crippen LogP contribution >= 0.6 is 0 Å². The largest absolute Gasteiger partial charge is 0.449 e. The maximum atomic E-state index is 13.4. The molecule has 33 heavy (non-hydrogen) atoms. The molecule has 0 spiro atoms. The van der Waals surface area contributed by atoms with Crippen molar-refractivity contribution in [2.75, 3.05) is 0 Å². The first kappa shape index (κ1) is 21.4. The van der Waals surface area contributed by atoms with Crippen LogP contribution in [0.1, 0.15) is 66.2 Å². The molecule has 1 amide bonds. The Balaban J connectivity index is 1.47. The second-order valence-electron chi connectivity index (χ2n) is 8.95. The summed E-state index contributed by atoms with van der Waals surface area (Å²) in [5.41, 5.74) is 5.27. The van der Waals surface area contributed by atoms with Crippen molar-refractivity contribution in [1.29, 1.82) is 0 Å². The highest BCUT2D eigenvalue weighted by Gasteiger charge is 2.30. The zero-order valence-electron chi connectivity index (χ0n) is 18.8. The molecule has 5 nitrogen and oxygen atoms in total. The fourth-order valence-electron chi connectivity index (χ4n) is 4.92. The lowest BCUT2D eigenvalue weighted by molar-refractivity contribution is -0.129. The van der Waals surface area contributed by atoms with Crippen LogP contribution in [-0.2, 0) is 16.0 Å². The van der Waals surface area contributed by atoms with Crippen LogP contribution in [-0.4, -0.2) is 29.0 Å². The van der Waals surface area contributed by atoms with Crippen molar-refractivity contribution >= 4 is 34.4 Å². The first-order chi connectivity index (χ1) is 16.1. The second kappa shape index (κ2) is 9.18. The van der Waals surface area contributed by atoms with E-state index in [4.69, 9.17) is 9.72 Å². The van der Waals surface area contributed by atoms with Gasteiger partial charge in [0.05, 0.1) is 16.8 Å². The van der Waals surface area contributed by atoms with Crippen LogP contribution in [0.4, 0.5) is 0 Å². The van der Waals surface area contributed by atoms with E-state index >= 15 is 0 Å². The lowest BCUT2D eigenvalue weighted by Gasteiger charge is -2.18. The van der Waals surface area contributed by atoms with Crippen LogP contribution < -0.4 is 5.32 Å². The lowest BCUT2D eigenvalue weighted by Crippen LogP contribution is -2.41. The van der Waals surface area contributed by atoms with Crippen molar-refractivity contribution in [3.63, 3.8) is 0 Å². The van der Waals surface area contributed by atoms with Gasteiger partial charge >= 0.3 is 5.97 Å². The van der Waals surface area contributed by atoms with Crippen molar-refractivity contribution in [2.45, 2.75) is 57.6 Å². The SMILES string of the molecule is CC(OC(=O)c1c2c(nc3ccccc13)C(=Cc1ccccc1)CC2)C(=O)NC1CCCC1. The Morgan fingerprint density at radius 1 is 1.03 bits per heavy atom. The predicted molar refractivity (Wildman–Crippen MR) is 130 cm³/mol. The Labute approximate surface area is 193 Å². The molecule has 5 rings (SSSR count). The van der Waals surface area contributed by atoms with E-state index in [1.165, 1.54) is 0 Å². The highest BCUT2D eigenvalue weighted by molar-refractivity contribution is 6.07. The number of pyridine rings is 1. The third-order valence-corrected chi connectivity index (χ3v) is 6.64. The number of allylic oxidation sites excluding steroid dienone is 1. The molecule has 1 unspecified atom stereocenters. The minimum Gasteiger partial charge on any atom is -0.449 e. The maximum absolute atomic E-state index is 13.4. The number of nitrogens with zero attached hydrogens (tertiary/aromatic N) is 1. The number of carbonyl (C=O) groups is 2. The first-order valence-corrected chi connectivity index (χ1v) is 11.8. The Hall–Kier alpha value is -3.47. The molecule has 1 heterocycles. The summed E-state index contributed by atoms with van der Waals surface area (Å²) in [4.78, 5) is 30.9. The molecule has 1 fully saturated rings. The molecule has 0 radical (unpaired) electrons. The molecule has 2 aliphatic carbocycles. The van der Waals surface area contributed by atoms with E-state index in [2.05, 4.69) is 23.5 Å². The summed E-state index contributed by atoms with van der Waals surface area (Å²) in [5, 5.41) is 3.79. The number of para-hydroxylation sites is 1. The van der Waals surface area contributed by atoms with E-state index in [-0.39, 0.29) is 11.9 Å². The van der Waals surface area contributed by atoms with Gasteiger partial charge in [0.25, 0.3) is 5.91 Å². The summed E-state index contributed by atoms with van der Waals surface area (Å²) < 4.78 is 5.70. The summed E-state index contributed by atoms with van der Waals surface area (Å²) in [6.07, 6.45) is 7.07. The van der Waals surface area contributed by atoms with E-state index < -0.39 is 12.1 Å². The molecule has 168 valence electrons. The molecule has 0 aliphatic heterocycles. The number of carbonyl (C=O) groups excluding carboxylic acids is 2. The van der Waals surface area contributed by atoms with Gasteiger partial charge in [-0.15, -0.1) is 0 Å². The maximum Gasteiger partial charge on any atom is 0.339 e. The average Bonchev–Trinajstić information content (AvgIpc) is 3.48. The van der Waals surface area contributed by atoms with Crippen LogP contribution in [0.25, 0.3) is 22.6 Å². The standard InChI is InChI=1S/C28H28N2O3/c1-18(27(31)29-21-11-5-6-12-21)33-28(32)25-22-13-7-8-14-24(22)30-26-20(15-16-23(25)26)17-19-9-3-2-4-10-19/h2-4,7-10,13-14,17-18,21H,5-6,11-12,15-16H2,1H3,(H,29,31). The van der Waals surface area contributed by atoms with Gasteiger partial charge in [-0.3, -0.25) is 4.79 Å². The van der Waals surface area contributed by atoms with Crippen molar-refractivity contribution in [3.05, 3.63) is 77.0 Å². The van der Waals surface area contributed by atoms with E-state index in [0.29, 0.717) is 5.56 Å². The smallest absolute Gasteiger partial charge is 0.339 e. The molecular formula is C28H28N2O3. The van der Waals surface area contributed by atoms with Crippen LogP contribution in [0.5, 0.6) is 0 Å². The number of rotatable bonds is 5. The number of benzene rings is 2. The quantitative estimate of drug-likeness (QED) is 0.545. The summed E-state index contributed by atoms with van der Waals surface area (Å²) >= 11 is 0. The molecule has 0 saturated heterocycles. The Kier molecular flexibility index (Phi) is 5.95. The van der Waals surface area contributed by atoms with Crippen molar-refractivity contribution < 1.29 is 14.3 Å². The van der Waals surface area contributed by atoms with Gasteiger partial charge < -0.3 is 10.1 Å². The van der Waals surface area contributed by atoms with Gasteiger partial charge in [0.1, 0.15) is 0 Å². The average molecular weight is 441 g/mol. The minimum atomic E-state index is -0.846. The molecule has 2 aromatic carbocycles. The van der Waals surface area contributed by atoms with Gasteiger partial charge in [-0.2, -0.15) is 0 Å². The molecule has 1 aromatic heterocycles. The zero-order valence-corrected chi connectivity index (χ0v) is 18.8. The molecular weight excluding hydrogens is 412 g/mol. The van der Waals surface area contributed by atoms with Crippen LogP contribution in [0.2, 0.25) is 0 Å². The van der Waals surface area contributed by atoms with Gasteiger partial charge in [-0.1, -0.05) is 61.4 Å². The van der Waals surface area contributed by atoms with Crippen LogP contribution in [0.3, 0.4) is 0 Å². The summed E-state index contributed by atoms with van der Waals surface area (Å²) in [6.45, 7) is 1.65. The Morgan fingerprint density at radius 3 is 2.55 bits per heavy atom. The van der Waals surface area contributed by atoms with Crippen LogP contribution in [0.15, 0.2) is 54.6 Å². The van der Waals surface area contributed by atoms with Crippen LogP contribution in [0, 0.1) is 0 Å². The van der Waals surface area contributed by atoms with E-state index in [1.807, 2.05) is 42.5 Å². The number of fused-ring (bicyclic) bond motifs is 2. The summed E-state index contributed by atoms with van der Waals surface area (Å²) in [6, 6.07) is 18.0. The normalized spacial score (nSPS) is 17.8. The van der Waals surface area contributed by atoms with Gasteiger partial charge in [0, 0.05) is 11.4 Å². The van der Waals surface area contributed by atoms with Crippen molar-refractivity contribution in [3.8, 4) is 0 Å². The van der Waals surface area contributed by atoms with Gasteiger partial charge in [0.15, 0.2) is 6.10 Å². The number of ether oxygens (including phenoxy) is 1.